The van der Waals surface area contributed by atoms with Crippen LogP contribution in [0.5, 0.6) is 17.4 Å². The number of ether oxygens (including phenoxy) is 2. The number of hydrogen-bond acceptors (Lipinski definition) is 7. The summed E-state index contributed by atoms with van der Waals surface area (Å²) < 4.78 is 11.8. The minimum atomic E-state index is -0.279. The van der Waals surface area contributed by atoms with Gasteiger partial charge in [-0.1, -0.05) is 30.3 Å². The van der Waals surface area contributed by atoms with Crippen molar-refractivity contribution in [2.45, 2.75) is 25.8 Å². The predicted octanol–water partition coefficient (Wildman–Crippen LogP) is 6.28. The predicted molar refractivity (Wildman–Crippen MR) is 146 cm³/mol. The fraction of sp³-hybridized carbons (Fsp3) is 0.233. The highest BCUT2D eigenvalue weighted by Crippen LogP contribution is 2.33. The molecule has 0 aliphatic rings. The molecular weight excluding hydrogens is 482 g/mol. The van der Waals surface area contributed by atoms with Crippen LogP contribution in [0.15, 0.2) is 84.4 Å². The topological polar surface area (TPSA) is 84.2 Å². The zero-order chi connectivity index (χ0) is 26.1. The molecule has 1 N–H and O–H groups in total. The van der Waals surface area contributed by atoms with Crippen molar-refractivity contribution in [3.63, 3.8) is 0 Å². The van der Waals surface area contributed by atoms with E-state index >= 15 is 0 Å². The van der Waals surface area contributed by atoms with E-state index in [1.54, 1.807) is 29.7 Å². The van der Waals surface area contributed by atoms with Crippen molar-refractivity contribution in [2.75, 3.05) is 13.2 Å². The van der Waals surface area contributed by atoms with Crippen molar-refractivity contribution < 1.29 is 14.3 Å². The molecule has 1 atom stereocenters. The number of rotatable bonds is 12. The Morgan fingerprint density at radius 3 is 2.62 bits per heavy atom. The summed E-state index contributed by atoms with van der Waals surface area (Å²) >= 11 is 1.66. The Labute approximate surface area is 221 Å². The van der Waals surface area contributed by atoms with Gasteiger partial charge in [-0.3, -0.25) is 0 Å². The molecule has 0 bridgehead atoms. The van der Waals surface area contributed by atoms with E-state index in [1.165, 1.54) is 0 Å². The van der Waals surface area contributed by atoms with Crippen LogP contribution >= 0.6 is 11.3 Å². The molecule has 0 saturated carbocycles. The molecule has 2 aromatic heterocycles. The van der Waals surface area contributed by atoms with Gasteiger partial charge in [0.25, 0.3) is 0 Å². The lowest BCUT2D eigenvalue weighted by Crippen LogP contribution is -2.45. The van der Waals surface area contributed by atoms with Gasteiger partial charge < -0.3 is 19.6 Å². The Morgan fingerprint density at radius 2 is 1.89 bits per heavy atom. The first-order valence-electron chi connectivity index (χ1n) is 12.1. The average molecular weight is 512 g/mol. The number of nitrogens with one attached hydrogen (secondary N) is 1. The molecule has 7 heteroatoms. The molecule has 0 aliphatic heterocycles. The molecule has 2 heterocycles. The standard InChI is InChI=1S/C30H29N3O3S/c1-30(2,17-22-11-13-25(14-12-22)36-29-24(18-31)7-5-15-32-29)33-19-23(20-34)21-35-27-9-4-3-8-26(27)28-10-6-16-37-28/h3-16,20,23,33H,17,19,21H2,1-2H3/t23-/m1/s1. The molecule has 0 amide bonds. The maximum Gasteiger partial charge on any atom is 0.237 e. The lowest BCUT2D eigenvalue weighted by Gasteiger charge is -2.28. The summed E-state index contributed by atoms with van der Waals surface area (Å²) in [7, 11) is 0. The lowest BCUT2D eigenvalue weighted by atomic mass is 9.94. The molecular formula is C30H29N3O3S. The number of pyridine rings is 1. The van der Waals surface area contributed by atoms with Gasteiger partial charge >= 0.3 is 0 Å². The van der Waals surface area contributed by atoms with Gasteiger partial charge in [0.15, 0.2) is 0 Å². The summed E-state index contributed by atoms with van der Waals surface area (Å²) in [6, 6.07) is 25.2. The molecule has 188 valence electrons. The molecule has 0 aliphatic carbocycles. The minimum Gasteiger partial charge on any atom is -0.492 e. The normalized spacial score (nSPS) is 11.9. The zero-order valence-electron chi connectivity index (χ0n) is 20.9. The van der Waals surface area contributed by atoms with Crippen LogP contribution in [0.3, 0.4) is 0 Å². The number of nitriles is 1. The number of carbonyl (C=O) groups excluding carboxylic acids is 1. The minimum absolute atomic E-state index is 0.243. The highest BCUT2D eigenvalue weighted by Gasteiger charge is 2.21. The Kier molecular flexibility index (Phi) is 8.68. The fourth-order valence-electron chi connectivity index (χ4n) is 3.90. The van der Waals surface area contributed by atoms with Crippen LogP contribution in [0.4, 0.5) is 0 Å². The third-order valence-corrected chi connectivity index (χ3v) is 6.74. The van der Waals surface area contributed by atoms with Crippen LogP contribution in [0.25, 0.3) is 10.4 Å². The third-order valence-electron chi connectivity index (χ3n) is 5.84. The fourth-order valence-corrected chi connectivity index (χ4v) is 4.65. The van der Waals surface area contributed by atoms with E-state index in [2.05, 4.69) is 36.3 Å². The SMILES string of the molecule is CC(C)(Cc1ccc(Oc2ncccc2C#N)cc1)NC[C@H](C=O)COc1ccccc1-c1cccs1. The van der Waals surface area contributed by atoms with Crippen molar-refractivity contribution in [1.82, 2.24) is 10.3 Å². The van der Waals surface area contributed by atoms with Crippen LogP contribution in [0.1, 0.15) is 25.0 Å². The second-order valence-electron chi connectivity index (χ2n) is 9.34. The van der Waals surface area contributed by atoms with Gasteiger partial charge in [0, 0.05) is 28.7 Å². The van der Waals surface area contributed by atoms with E-state index in [0.717, 1.165) is 34.5 Å². The third kappa shape index (κ3) is 7.26. The van der Waals surface area contributed by atoms with Gasteiger partial charge in [-0.2, -0.15) is 5.26 Å². The highest BCUT2D eigenvalue weighted by molar-refractivity contribution is 7.13. The summed E-state index contributed by atoms with van der Waals surface area (Å²) in [5.74, 6) is 1.41. The van der Waals surface area contributed by atoms with Crippen LogP contribution < -0.4 is 14.8 Å². The Balaban J connectivity index is 1.30. The van der Waals surface area contributed by atoms with Crippen LogP contribution in [-0.4, -0.2) is 30.0 Å². The van der Waals surface area contributed by atoms with Gasteiger partial charge in [0.05, 0.1) is 12.5 Å². The number of para-hydroxylation sites is 1. The summed E-state index contributed by atoms with van der Waals surface area (Å²) in [6.45, 7) is 5.04. The molecule has 37 heavy (non-hydrogen) atoms. The maximum absolute atomic E-state index is 11.8. The van der Waals surface area contributed by atoms with E-state index in [9.17, 15) is 10.1 Å². The van der Waals surface area contributed by atoms with Crippen molar-refractivity contribution in [2.24, 2.45) is 5.92 Å². The van der Waals surface area contributed by atoms with Crippen LogP contribution in [0.2, 0.25) is 0 Å². The van der Waals surface area contributed by atoms with Crippen LogP contribution in [-0.2, 0) is 11.2 Å². The van der Waals surface area contributed by atoms with Crippen molar-refractivity contribution in [3.8, 4) is 33.9 Å². The Bertz CT molecular complexity index is 1350. The van der Waals surface area contributed by atoms with E-state index in [-0.39, 0.29) is 11.5 Å². The van der Waals surface area contributed by atoms with E-state index in [1.807, 2.05) is 60.0 Å². The number of benzene rings is 2. The first-order valence-corrected chi connectivity index (χ1v) is 12.9. The summed E-state index contributed by atoms with van der Waals surface area (Å²) in [5.41, 5.74) is 2.30. The summed E-state index contributed by atoms with van der Waals surface area (Å²) in [4.78, 5) is 17.1. The number of hydrogen-bond donors (Lipinski definition) is 1. The number of carbonyl (C=O) groups is 1. The second-order valence-corrected chi connectivity index (χ2v) is 10.3. The molecule has 0 radical (unpaired) electrons. The van der Waals surface area contributed by atoms with E-state index in [0.29, 0.717) is 30.3 Å². The second kappa shape index (κ2) is 12.3. The molecule has 0 unspecified atom stereocenters. The smallest absolute Gasteiger partial charge is 0.237 e. The van der Waals surface area contributed by atoms with Crippen LogP contribution in [0, 0.1) is 17.2 Å². The molecule has 6 nitrogen and oxygen atoms in total. The zero-order valence-corrected chi connectivity index (χ0v) is 21.7. The number of thiophene rings is 1. The molecule has 0 saturated heterocycles. The van der Waals surface area contributed by atoms with E-state index in [4.69, 9.17) is 9.47 Å². The maximum atomic E-state index is 11.8. The Hall–Kier alpha value is -3.99. The van der Waals surface area contributed by atoms with E-state index < -0.39 is 0 Å². The van der Waals surface area contributed by atoms with Crippen molar-refractivity contribution in [1.29, 1.82) is 5.26 Å². The first-order chi connectivity index (χ1) is 18.0. The van der Waals surface area contributed by atoms with Gasteiger partial charge in [-0.25, -0.2) is 4.98 Å². The van der Waals surface area contributed by atoms with Crippen molar-refractivity contribution in [3.05, 3.63) is 95.5 Å². The number of aromatic nitrogens is 1. The molecule has 2 aromatic carbocycles. The molecule has 4 rings (SSSR count). The average Bonchev–Trinajstić information content (AvgIpc) is 3.45. The summed E-state index contributed by atoms with van der Waals surface area (Å²) in [6.07, 6.45) is 3.31. The monoisotopic (exact) mass is 511 g/mol. The van der Waals surface area contributed by atoms with Gasteiger partial charge in [0.1, 0.15) is 29.4 Å². The van der Waals surface area contributed by atoms with Gasteiger partial charge in [-0.15, -0.1) is 11.3 Å². The molecule has 0 spiro atoms. The molecule has 4 aromatic rings. The lowest BCUT2D eigenvalue weighted by molar-refractivity contribution is -0.111. The molecule has 0 fully saturated rings. The number of nitrogens with zero attached hydrogens (tertiary/aromatic N) is 2. The van der Waals surface area contributed by atoms with Gasteiger partial charge in [0.2, 0.25) is 5.88 Å². The largest absolute Gasteiger partial charge is 0.492 e. The highest BCUT2D eigenvalue weighted by atomic mass is 32.1. The van der Waals surface area contributed by atoms with Crippen molar-refractivity contribution >= 4 is 17.6 Å². The quantitative estimate of drug-likeness (QED) is 0.225. The number of aldehydes is 1. The Morgan fingerprint density at radius 1 is 1.08 bits per heavy atom. The van der Waals surface area contributed by atoms with Gasteiger partial charge in [-0.05, 0) is 73.7 Å². The summed E-state index contributed by atoms with van der Waals surface area (Å²) in [5, 5.41) is 14.8. The first kappa shape index (κ1) is 26.1.